The summed E-state index contributed by atoms with van der Waals surface area (Å²) in [6.07, 6.45) is 9.02. The number of aromatic nitrogens is 4. The van der Waals surface area contributed by atoms with E-state index >= 15 is 0 Å². The van der Waals surface area contributed by atoms with E-state index in [4.69, 9.17) is 4.74 Å². The van der Waals surface area contributed by atoms with Crippen LogP contribution in [0.1, 0.15) is 21.5 Å². The third kappa shape index (κ3) is 4.00. The minimum absolute atomic E-state index is 0.0464. The average molecular weight is 459 g/mol. The normalized spacial score (nSPS) is 11.3. The van der Waals surface area contributed by atoms with E-state index in [0.717, 1.165) is 33.0 Å². The Morgan fingerprint density at radius 2 is 1.80 bits per heavy atom. The van der Waals surface area contributed by atoms with Crippen molar-refractivity contribution in [3.05, 3.63) is 120 Å². The Kier molecular flexibility index (Phi) is 5.41. The maximum atomic E-state index is 13.7. The van der Waals surface area contributed by atoms with Crippen LogP contribution < -0.4 is 0 Å². The Bertz CT molecular complexity index is 1640. The maximum absolute atomic E-state index is 13.7. The second-order valence-corrected chi connectivity index (χ2v) is 8.38. The van der Waals surface area contributed by atoms with E-state index in [2.05, 4.69) is 15.0 Å². The summed E-state index contributed by atoms with van der Waals surface area (Å²) < 4.78 is 7.94. The number of carbonyl (C=O) groups is 1. The molecule has 0 saturated carbocycles. The monoisotopic (exact) mass is 458 g/mol. The summed E-state index contributed by atoms with van der Waals surface area (Å²) in [5, 5.41) is 1.69. The van der Waals surface area contributed by atoms with Crippen LogP contribution in [0.5, 0.6) is 0 Å². The lowest BCUT2D eigenvalue weighted by atomic mass is 9.99. The molecule has 35 heavy (non-hydrogen) atoms. The molecule has 0 bridgehead atoms. The number of carbonyl (C=O) groups excluding carboxylic acids is 1. The van der Waals surface area contributed by atoms with Gasteiger partial charge in [-0.15, -0.1) is 0 Å². The summed E-state index contributed by atoms with van der Waals surface area (Å²) in [7, 11) is 0. The topological polar surface area (TPSA) is 72.8 Å². The molecule has 0 fully saturated rings. The minimum Gasteiger partial charge on any atom is -0.356 e. The summed E-state index contributed by atoms with van der Waals surface area (Å²) in [6.45, 7) is 0.933. The Balaban J connectivity index is 1.31. The van der Waals surface area contributed by atoms with Crippen LogP contribution in [0.25, 0.3) is 33.1 Å². The molecule has 6 nitrogen and oxygen atoms in total. The highest BCUT2D eigenvalue weighted by atomic mass is 16.5. The minimum atomic E-state index is -0.0464. The van der Waals surface area contributed by atoms with Gasteiger partial charge in [0.05, 0.1) is 12.1 Å². The predicted molar refractivity (Wildman–Crippen MR) is 136 cm³/mol. The van der Waals surface area contributed by atoms with Crippen molar-refractivity contribution >= 4 is 27.7 Å². The Morgan fingerprint density at radius 1 is 0.886 bits per heavy atom. The SMILES string of the molecule is O=C(c1c[nH]c2ncc(-c3cccnc3)cc12)c1cccc2c1ccn2COCc1ccccc1. The van der Waals surface area contributed by atoms with Crippen LogP contribution in [-0.2, 0) is 18.1 Å². The van der Waals surface area contributed by atoms with Gasteiger partial charge in [-0.3, -0.25) is 9.78 Å². The first kappa shape index (κ1) is 21.0. The first-order valence-corrected chi connectivity index (χ1v) is 11.4. The number of aromatic amines is 1. The number of pyridine rings is 2. The van der Waals surface area contributed by atoms with Crippen LogP contribution in [0, 0.1) is 0 Å². The summed E-state index contributed by atoms with van der Waals surface area (Å²) in [6, 6.07) is 23.7. The van der Waals surface area contributed by atoms with E-state index < -0.39 is 0 Å². The van der Waals surface area contributed by atoms with E-state index in [1.807, 2.05) is 83.6 Å². The molecule has 2 aromatic carbocycles. The van der Waals surface area contributed by atoms with Gasteiger partial charge in [-0.25, -0.2) is 4.98 Å². The van der Waals surface area contributed by atoms with Crippen molar-refractivity contribution in [3.8, 4) is 11.1 Å². The maximum Gasteiger partial charge on any atom is 0.195 e. The molecule has 0 atom stereocenters. The lowest BCUT2D eigenvalue weighted by molar-refractivity contribution is 0.0668. The fourth-order valence-corrected chi connectivity index (χ4v) is 4.40. The smallest absolute Gasteiger partial charge is 0.195 e. The molecule has 0 aliphatic rings. The first-order valence-electron chi connectivity index (χ1n) is 11.4. The largest absolute Gasteiger partial charge is 0.356 e. The third-order valence-corrected chi connectivity index (χ3v) is 6.17. The van der Waals surface area contributed by atoms with Gasteiger partial charge in [0.25, 0.3) is 0 Å². The standard InChI is InChI=1S/C29H22N4O2/c34-28(26-17-32-29-25(26)14-22(16-31-29)21-8-5-12-30-15-21)24-9-4-10-27-23(24)11-13-33(27)19-35-18-20-6-2-1-3-7-20/h1-17H,18-19H2,(H,31,32). The van der Waals surface area contributed by atoms with Crippen molar-refractivity contribution in [2.24, 2.45) is 0 Å². The van der Waals surface area contributed by atoms with E-state index in [9.17, 15) is 4.79 Å². The number of nitrogens with zero attached hydrogens (tertiary/aromatic N) is 3. The molecule has 0 radical (unpaired) electrons. The van der Waals surface area contributed by atoms with Crippen molar-refractivity contribution in [2.45, 2.75) is 13.3 Å². The number of nitrogens with one attached hydrogen (secondary N) is 1. The number of hydrogen-bond acceptors (Lipinski definition) is 4. The van der Waals surface area contributed by atoms with Gasteiger partial charge in [0.15, 0.2) is 5.78 Å². The zero-order chi connectivity index (χ0) is 23.6. The molecule has 0 amide bonds. The van der Waals surface area contributed by atoms with Gasteiger partial charge in [0.1, 0.15) is 12.4 Å². The number of rotatable bonds is 7. The highest BCUT2D eigenvalue weighted by Crippen LogP contribution is 2.28. The quantitative estimate of drug-likeness (QED) is 0.299. The highest BCUT2D eigenvalue weighted by molar-refractivity contribution is 6.21. The molecule has 6 heteroatoms. The molecule has 0 unspecified atom stereocenters. The van der Waals surface area contributed by atoms with Gasteiger partial charge in [-0.05, 0) is 29.8 Å². The fourth-order valence-electron chi connectivity index (χ4n) is 4.40. The molecule has 4 heterocycles. The van der Waals surface area contributed by atoms with Crippen LogP contribution in [0.2, 0.25) is 0 Å². The second-order valence-electron chi connectivity index (χ2n) is 8.38. The molecule has 170 valence electrons. The number of ether oxygens (including phenoxy) is 1. The summed E-state index contributed by atoms with van der Waals surface area (Å²) >= 11 is 0. The molecular formula is C29H22N4O2. The summed E-state index contributed by atoms with van der Waals surface area (Å²) in [5.41, 5.74) is 5.88. The van der Waals surface area contributed by atoms with Crippen LogP contribution in [0.3, 0.4) is 0 Å². The van der Waals surface area contributed by atoms with Crippen LogP contribution in [0.4, 0.5) is 0 Å². The van der Waals surface area contributed by atoms with Crippen LogP contribution in [0.15, 0.2) is 104 Å². The first-order chi connectivity index (χ1) is 17.3. The van der Waals surface area contributed by atoms with Crippen LogP contribution >= 0.6 is 0 Å². The molecule has 0 aliphatic heterocycles. The molecule has 0 spiro atoms. The number of hydrogen-bond donors (Lipinski definition) is 1. The van der Waals surface area contributed by atoms with Gasteiger partial charge >= 0.3 is 0 Å². The summed E-state index contributed by atoms with van der Waals surface area (Å²) in [5.74, 6) is -0.0464. The lowest BCUT2D eigenvalue weighted by Gasteiger charge is -2.08. The van der Waals surface area contributed by atoms with Crippen molar-refractivity contribution < 1.29 is 9.53 Å². The molecule has 0 saturated heterocycles. The molecule has 6 aromatic rings. The van der Waals surface area contributed by atoms with E-state index in [1.54, 1.807) is 24.8 Å². The van der Waals surface area contributed by atoms with E-state index in [0.29, 0.717) is 30.1 Å². The van der Waals surface area contributed by atoms with Crippen molar-refractivity contribution in [1.29, 1.82) is 0 Å². The lowest BCUT2D eigenvalue weighted by Crippen LogP contribution is -2.03. The third-order valence-electron chi connectivity index (χ3n) is 6.17. The van der Waals surface area contributed by atoms with Gasteiger partial charge in [0.2, 0.25) is 0 Å². The van der Waals surface area contributed by atoms with Crippen molar-refractivity contribution in [2.75, 3.05) is 0 Å². The van der Waals surface area contributed by atoms with Gasteiger partial charge < -0.3 is 14.3 Å². The van der Waals surface area contributed by atoms with E-state index in [-0.39, 0.29) is 5.78 Å². The summed E-state index contributed by atoms with van der Waals surface area (Å²) in [4.78, 5) is 25.5. The van der Waals surface area contributed by atoms with Gasteiger partial charge in [0, 0.05) is 64.0 Å². The number of ketones is 1. The molecule has 4 aromatic heterocycles. The van der Waals surface area contributed by atoms with Gasteiger partial charge in [-0.2, -0.15) is 0 Å². The molecular weight excluding hydrogens is 436 g/mol. The number of H-pyrrole nitrogens is 1. The number of benzene rings is 2. The van der Waals surface area contributed by atoms with Gasteiger partial charge in [-0.1, -0.05) is 48.5 Å². The fraction of sp³-hybridized carbons (Fsp3) is 0.0690. The molecule has 0 aliphatic carbocycles. The molecule has 1 N–H and O–H groups in total. The Hall–Kier alpha value is -4.55. The zero-order valence-electron chi connectivity index (χ0n) is 18.9. The Morgan fingerprint density at radius 3 is 2.66 bits per heavy atom. The average Bonchev–Trinajstić information content (AvgIpc) is 3.53. The van der Waals surface area contributed by atoms with Crippen molar-refractivity contribution in [3.63, 3.8) is 0 Å². The Labute approximate surface area is 201 Å². The highest BCUT2D eigenvalue weighted by Gasteiger charge is 2.19. The van der Waals surface area contributed by atoms with Crippen molar-refractivity contribution in [1.82, 2.24) is 19.5 Å². The predicted octanol–water partition coefficient (Wildman–Crippen LogP) is 5.98. The molecule has 6 rings (SSSR count). The number of fused-ring (bicyclic) bond motifs is 2. The second kappa shape index (κ2) is 9.00. The zero-order valence-corrected chi connectivity index (χ0v) is 18.9. The van der Waals surface area contributed by atoms with Crippen LogP contribution in [-0.4, -0.2) is 25.3 Å². The van der Waals surface area contributed by atoms with E-state index in [1.165, 1.54) is 0 Å².